The van der Waals surface area contributed by atoms with Crippen molar-refractivity contribution < 1.29 is 4.74 Å². The number of rotatable bonds is 4. The first kappa shape index (κ1) is 17.3. The Labute approximate surface area is 169 Å². The Morgan fingerprint density at radius 3 is 2.55 bits per heavy atom. The third-order valence-corrected chi connectivity index (χ3v) is 5.64. The lowest BCUT2D eigenvalue weighted by Gasteiger charge is -2.08. The van der Waals surface area contributed by atoms with Gasteiger partial charge in [-0.15, -0.1) is 11.3 Å². The molecule has 1 N–H and O–H groups in total. The highest BCUT2D eigenvalue weighted by atomic mass is 32.1. The zero-order chi connectivity index (χ0) is 19.8. The molecule has 0 spiro atoms. The van der Waals surface area contributed by atoms with Gasteiger partial charge in [0.2, 0.25) is 0 Å². The predicted octanol–water partition coefficient (Wildman–Crippen LogP) is 4.14. The van der Waals surface area contributed by atoms with E-state index in [9.17, 15) is 4.79 Å². The number of hydrogen-bond acceptors (Lipinski definition) is 7. The molecule has 0 fully saturated rings. The van der Waals surface area contributed by atoms with Gasteiger partial charge in [-0.2, -0.15) is 0 Å². The number of hydrogen-bond donors (Lipinski definition) is 1. The fourth-order valence-corrected chi connectivity index (χ4v) is 4.17. The van der Waals surface area contributed by atoms with Gasteiger partial charge in [0.05, 0.1) is 18.2 Å². The summed E-state index contributed by atoms with van der Waals surface area (Å²) in [5.41, 5.74) is 2.09. The van der Waals surface area contributed by atoms with Gasteiger partial charge in [-0.1, -0.05) is 18.2 Å². The molecule has 0 aliphatic heterocycles. The van der Waals surface area contributed by atoms with Gasteiger partial charge >= 0.3 is 0 Å². The van der Waals surface area contributed by atoms with Crippen LogP contribution in [0.15, 0.2) is 72.0 Å². The third-order valence-electron chi connectivity index (χ3n) is 4.57. The zero-order valence-corrected chi connectivity index (χ0v) is 16.2. The standard InChI is InChI=1S/C21H15N5O2S/c1-28-15-9-7-13(8-10-15)25-19-16-17-18(29-20(16)23-11-22-19)21(27)26(12-24-17)14-5-3-2-4-6-14/h2-12H,1H3,(H,22,23,25). The Balaban J connectivity index is 1.66. The van der Waals surface area contributed by atoms with E-state index in [1.54, 1.807) is 18.0 Å². The summed E-state index contributed by atoms with van der Waals surface area (Å²) in [4.78, 5) is 27.1. The first-order chi connectivity index (χ1) is 14.2. The van der Waals surface area contributed by atoms with Crippen LogP contribution in [0, 0.1) is 0 Å². The van der Waals surface area contributed by atoms with E-state index in [4.69, 9.17) is 4.74 Å². The second kappa shape index (κ2) is 6.99. The summed E-state index contributed by atoms with van der Waals surface area (Å²) in [5.74, 6) is 1.38. The van der Waals surface area contributed by atoms with E-state index in [1.807, 2.05) is 54.6 Å². The topological polar surface area (TPSA) is 81.9 Å². The van der Waals surface area contributed by atoms with Crippen LogP contribution in [0.5, 0.6) is 5.75 Å². The van der Waals surface area contributed by atoms with Crippen molar-refractivity contribution in [1.82, 2.24) is 19.5 Å². The molecule has 2 aromatic carbocycles. The van der Waals surface area contributed by atoms with Gasteiger partial charge in [-0.05, 0) is 36.4 Å². The van der Waals surface area contributed by atoms with Crippen LogP contribution in [0.3, 0.4) is 0 Å². The predicted molar refractivity (Wildman–Crippen MR) is 115 cm³/mol. The summed E-state index contributed by atoms with van der Waals surface area (Å²) in [5, 5.41) is 4.03. The first-order valence-electron chi connectivity index (χ1n) is 8.86. The largest absolute Gasteiger partial charge is 0.497 e. The average molecular weight is 401 g/mol. The molecule has 142 valence electrons. The maximum Gasteiger partial charge on any atom is 0.275 e. The highest BCUT2D eigenvalue weighted by molar-refractivity contribution is 7.25. The number of methoxy groups -OCH3 is 1. The van der Waals surface area contributed by atoms with E-state index in [0.717, 1.165) is 22.5 Å². The van der Waals surface area contributed by atoms with Crippen molar-refractivity contribution in [3.63, 3.8) is 0 Å². The molecule has 0 saturated carbocycles. The van der Waals surface area contributed by atoms with E-state index in [0.29, 0.717) is 20.9 Å². The van der Waals surface area contributed by atoms with Crippen LogP contribution in [0.1, 0.15) is 0 Å². The van der Waals surface area contributed by atoms with Gasteiger partial charge in [0.1, 0.15) is 39.3 Å². The highest BCUT2D eigenvalue weighted by Gasteiger charge is 2.17. The first-order valence-corrected chi connectivity index (χ1v) is 9.67. The van der Waals surface area contributed by atoms with Crippen molar-refractivity contribution >= 4 is 43.3 Å². The molecule has 0 unspecified atom stereocenters. The molecule has 29 heavy (non-hydrogen) atoms. The number of nitrogens with zero attached hydrogens (tertiary/aromatic N) is 4. The number of fused-ring (bicyclic) bond motifs is 3. The van der Waals surface area contributed by atoms with Crippen molar-refractivity contribution in [2.75, 3.05) is 12.4 Å². The number of thiophene rings is 1. The minimum atomic E-state index is -0.125. The summed E-state index contributed by atoms with van der Waals surface area (Å²) >= 11 is 1.32. The zero-order valence-electron chi connectivity index (χ0n) is 15.4. The minimum absolute atomic E-state index is 0.125. The molecule has 8 heteroatoms. The normalized spacial score (nSPS) is 11.1. The molecule has 5 rings (SSSR count). The highest BCUT2D eigenvalue weighted by Crippen LogP contribution is 2.34. The molecule has 0 aliphatic rings. The van der Waals surface area contributed by atoms with Gasteiger partial charge in [0.25, 0.3) is 5.56 Å². The molecular weight excluding hydrogens is 386 g/mol. The Morgan fingerprint density at radius 2 is 1.79 bits per heavy atom. The minimum Gasteiger partial charge on any atom is -0.497 e. The van der Waals surface area contributed by atoms with Crippen molar-refractivity contribution in [2.45, 2.75) is 0 Å². The van der Waals surface area contributed by atoms with Crippen molar-refractivity contribution in [3.8, 4) is 11.4 Å². The van der Waals surface area contributed by atoms with Crippen LogP contribution in [0.25, 0.3) is 26.1 Å². The maximum atomic E-state index is 13.1. The van der Waals surface area contributed by atoms with Crippen LogP contribution in [0.4, 0.5) is 11.5 Å². The van der Waals surface area contributed by atoms with Gasteiger partial charge in [0, 0.05) is 5.69 Å². The SMILES string of the molecule is COc1ccc(Nc2ncnc3sc4c(=O)n(-c5ccccc5)cnc4c23)cc1. The Bertz CT molecular complexity index is 1380. The molecule has 3 aromatic heterocycles. The van der Waals surface area contributed by atoms with Crippen LogP contribution >= 0.6 is 11.3 Å². The fraction of sp³-hybridized carbons (Fsp3) is 0.0476. The van der Waals surface area contributed by atoms with Crippen LogP contribution in [-0.4, -0.2) is 26.6 Å². The lowest BCUT2D eigenvalue weighted by atomic mass is 10.2. The molecular formula is C21H15N5O2S. The van der Waals surface area contributed by atoms with Crippen molar-refractivity contribution in [1.29, 1.82) is 0 Å². The molecule has 0 aliphatic carbocycles. The summed E-state index contributed by atoms with van der Waals surface area (Å²) < 4.78 is 7.29. The second-order valence-corrected chi connectivity index (χ2v) is 7.29. The molecule has 7 nitrogen and oxygen atoms in total. The molecule has 0 bridgehead atoms. The lowest BCUT2D eigenvalue weighted by Crippen LogP contribution is -2.17. The Morgan fingerprint density at radius 1 is 1.00 bits per heavy atom. The molecule has 5 aromatic rings. The summed E-state index contributed by atoms with van der Waals surface area (Å²) in [6, 6.07) is 17.0. The van der Waals surface area contributed by atoms with E-state index >= 15 is 0 Å². The van der Waals surface area contributed by atoms with Gasteiger partial charge < -0.3 is 10.1 Å². The number of ether oxygens (including phenoxy) is 1. The maximum absolute atomic E-state index is 13.1. The second-order valence-electron chi connectivity index (χ2n) is 6.29. The van der Waals surface area contributed by atoms with Gasteiger partial charge in [0.15, 0.2) is 0 Å². The molecule has 3 heterocycles. The van der Waals surface area contributed by atoms with Crippen LogP contribution in [0.2, 0.25) is 0 Å². The number of anilines is 2. The summed E-state index contributed by atoms with van der Waals surface area (Å²) in [6.07, 6.45) is 3.04. The monoisotopic (exact) mass is 401 g/mol. The van der Waals surface area contributed by atoms with E-state index in [2.05, 4.69) is 20.3 Å². The van der Waals surface area contributed by atoms with Crippen LogP contribution in [-0.2, 0) is 0 Å². The number of para-hydroxylation sites is 1. The van der Waals surface area contributed by atoms with E-state index in [-0.39, 0.29) is 5.56 Å². The van der Waals surface area contributed by atoms with Gasteiger partial charge in [-0.3, -0.25) is 9.36 Å². The van der Waals surface area contributed by atoms with Crippen molar-refractivity contribution in [3.05, 3.63) is 77.6 Å². The third kappa shape index (κ3) is 2.99. The van der Waals surface area contributed by atoms with Crippen LogP contribution < -0.4 is 15.6 Å². The number of benzene rings is 2. The molecule has 0 saturated heterocycles. The fourth-order valence-electron chi connectivity index (χ4n) is 3.14. The Kier molecular flexibility index (Phi) is 4.18. The lowest BCUT2D eigenvalue weighted by molar-refractivity contribution is 0.415. The van der Waals surface area contributed by atoms with E-state index < -0.39 is 0 Å². The van der Waals surface area contributed by atoms with Crippen molar-refractivity contribution in [2.24, 2.45) is 0 Å². The summed E-state index contributed by atoms with van der Waals surface area (Å²) in [6.45, 7) is 0. The molecule has 0 amide bonds. The van der Waals surface area contributed by atoms with E-state index in [1.165, 1.54) is 17.7 Å². The number of nitrogens with one attached hydrogen (secondary N) is 1. The average Bonchev–Trinajstić information content (AvgIpc) is 3.16. The molecule has 0 atom stereocenters. The Hall–Kier alpha value is -3.78. The quantitative estimate of drug-likeness (QED) is 0.487. The summed E-state index contributed by atoms with van der Waals surface area (Å²) in [7, 11) is 1.63. The van der Waals surface area contributed by atoms with Gasteiger partial charge in [-0.25, -0.2) is 15.0 Å². The smallest absolute Gasteiger partial charge is 0.275 e. The number of aromatic nitrogens is 4. The molecule has 0 radical (unpaired) electrons.